The quantitative estimate of drug-likeness (QED) is 0.415. The van der Waals surface area contributed by atoms with Gasteiger partial charge in [0.25, 0.3) is 0 Å². The van der Waals surface area contributed by atoms with E-state index < -0.39 is 0 Å². The molecule has 1 heterocycles. The summed E-state index contributed by atoms with van der Waals surface area (Å²) in [7, 11) is 3.13. The number of allylic oxidation sites excluding steroid dienone is 2. The van der Waals surface area contributed by atoms with E-state index in [9.17, 15) is 14.4 Å². The van der Waals surface area contributed by atoms with Crippen molar-refractivity contribution in [3.63, 3.8) is 0 Å². The van der Waals surface area contributed by atoms with Crippen molar-refractivity contribution in [1.82, 2.24) is 0 Å². The van der Waals surface area contributed by atoms with Crippen LogP contribution in [0, 0.1) is 6.92 Å². The summed E-state index contributed by atoms with van der Waals surface area (Å²) in [6.45, 7) is 5.53. The number of carbonyl (C=O) groups excluding carboxylic acids is 3. The second kappa shape index (κ2) is 10.9. The van der Waals surface area contributed by atoms with Crippen molar-refractivity contribution < 1.29 is 28.6 Å². The summed E-state index contributed by atoms with van der Waals surface area (Å²) in [5.41, 5.74) is 5.27. The van der Waals surface area contributed by atoms with Crippen molar-refractivity contribution in [2.45, 2.75) is 46.6 Å². The Labute approximate surface area is 199 Å². The summed E-state index contributed by atoms with van der Waals surface area (Å²) in [5, 5.41) is 5.54. The van der Waals surface area contributed by atoms with Crippen LogP contribution in [0.15, 0.2) is 35.9 Å². The minimum atomic E-state index is -0.388. The van der Waals surface area contributed by atoms with Crippen LogP contribution in [0.4, 0.5) is 11.4 Å². The van der Waals surface area contributed by atoms with Crippen molar-refractivity contribution in [2.75, 3.05) is 24.9 Å². The number of nitrogens with one attached hydrogen (secondary N) is 2. The van der Waals surface area contributed by atoms with Crippen molar-refractivity contribution in [2.24, 2.45) is 0 Å². The fraction of sp³-hybridized carbons (Fsp3) is 0.346. The Balaban J connectivity index is 1.65. The van der Waals surface area contributed by atoms with Gasteiger partial charge < -0.3 is 24.8 Å². The summed E-state index contributed by atoms with van der Waals surface area (Å²) in [4.78, 5) is 35.7. The second-order valence-corrected chi connectivity index (χ2v) is 8.16. The van der Waals surface area contributed by atoms with Crippen LogP contribution >= 0.6 is 0 Å². The van der Waals surface area contributed by atoms with Crippen LogP contribution in [-0.4, -0.2) is 32.0 Å². The fourth-order valence-electron chi connectivity index (χ4n) is 3.99. The Kier molecular flexibility index (Phi) is 7.94. The first-order valence-corrected chi connectivity index (χ1v) is 11.0. The van der Waals surface area contributed by atoms with E-state index in [0.717, 1.165) is 22.3 Å². The van der Waals surface area contributed by atoms with E-state index in [1.165, 1.54) is 14.0 Å². The van der Waals surface area contributed by atoms with Crippen LogP contribution < -0.4 is 20.1 Å². The zero-order valence-corrected chi connectivity index (χ0v) is 20.2. The summed E-state index contributed by atoms with van der Waals surface area (Å²) in [5.74, 6) is 0.514. The van der Waals surface area contributed by atoms with Gasteiger partial charge in [0.2, 0.25) is 11.8 Å². The maximum atomic E-state index is 12.4. The second-order valence-electron chi connectivity index (χ2n) is 8.16. The number of carbonyl (C=O) groups is 3. The Bertz CT molecular complexity index is 1140. The molecule has 180 valence electrons. The maximum Gasteiger partial charge on any atom is 0.342 e. The minimum Gasteiger partial charge on any atom is -0.496 e. The van der Waals surface area contributed by atoms with Gasteiger partial charge in [-0.2, -0.15) is 0 Å². The van der Waals surface area contributed by atoms with E-state index in [0.29, 0.717) is 47.7 Å². The number of hydrogen-bond donors (Lipinski definition) is 2. The van der Waals surface area contributed by atoms with Gasteiger partial charge in [-0.15, -0.1) is 0 Å². The highest BCUT2D eigenvalue weighted by molar-refractivity contribution is 5.98. The molecule has 0 saturated carbocycles. The lowest BCUT2D eigenvalue weighted by molar-refractivity contribution is -0.116. The molecule has 2 aromatic carbocycles. The predicted octanol–water partition coefficient (Wildman–Crippen LogP) is 4.55. The zero-order valence-electron chi connectivity index (χ0n) is 20.2. The first-order valence-electron chi connectivity index (χ1n) is 11.0. The number of esters is 1. The van der Waals surface area contributed by atoms with Crippen LogP contribution in [0.3, 0.4) is 0 Å². The maximum absolute atomic E-state index is 12.4. The Morgan fingerprint density at radius 1 is 1.00 bits per heavy atom. The van der Waals surface area contributed by atoms with Gasteiger partial charge in [-0.1, -0.05) is 11.6 Å². The average molecular weight is 467 g/mol. The van der Waals surface area contributed by atoms with E-state index >= 15 is 0 Å². The first-order chi connectivity index (χ1) is 16.2. The van der Waals surface area contributed by atoms with Crippen LogP contribution in [0.2, 0.25) is 0 Å². The van der Waals surface area contributed by atoms with Gasteiger partial charge >= 0.3 is 5.97 Å². The number of fused-ring (bicyclic) bond motifs is 1. The molecule has 1 aliphatic rings. The number of rotatable bonds is 9. The lowest BCUT2D eigenvalue weighted by Gasteiger charge is -2.18. The Hall–Kier alpha value is -3.81. The topological polar surface area (TPSA) is 103 Å². The molecule has 0 atom stereocenters. The highest BCUT2D eigenvalue weighted by Crippen LogP contribution is 2.42. The van der Waals surface area contributed by atoms with Gasteiger partial charge in [0, 0.05) is 35.8 Å². The van der Waals surface area contributed by atoms with Gasteiger partial charge in [0.15, 0.2) is 0 Å². The number of ether oxygens (including phenoxy) is 3. The van der Waals surface area contributed by atoms with Crippen molar-refractivity contribution in [3.8, 4) is 11.5 Å². The molecule has 0 aliphatic carbocycles. The van der Waals surface area contributed by atoms with Gasteiger partial charge in [-0.25, -0.2) is 4.79 Å². The summed E-state index contributed by atoms with van der Waals surface area (Å²) in [6, 6.07) is 6.95. The molecule has 0 bridgehead atoms. The normalized spacial score (nSPS) is 12.6. The molecule has 1 aliphatic heterocycles. The van der Waals surface area contributed by atoms with Crippen molar-refractivity contribution in [3.05, 3.63) is 58.2 Å². The number of hydrogen-bond acceptors (Lipinski definition) is 6. The lowest BCUT2D eigenvalue weighted by atomic mass is 9.94. The molecular formula is C26H30N2O6. The first kappa shape index (κ1) is 24.8. The molecule has 8 heteroatoms. The third-order valence-corrected chi connectivity index (χ3v) is 5.72. The molecule has 0 fully saturated rings. The molecule has 0 aromatic heterocycles. The molecule has 2 amide bonds. The van der Waals surface area contributed by atoms with Crippen LogP contribution in [-0.2, 0) is 27.4 Å². The van der Waals surface area contributed by atoms with E-state index in [1.807, 2.05) is 19.9 Å². The van der Waals surface area contributed by atoms with Gasteiger partial charge in [0.1, 0.15) is 23.7 Å². The summed E-state index contributed by atoms with van der Waals surface area (Å²) in [6.07, 6.45) is 3.40. The SMILES string of the molecule is COc1c(C)c2c(c(OC)c1C/C=C(\C)CCC(=O)Nc1ccc(NC(C)=O)cc1)C(=O)OC2. The van der Waals surface area contributed by atoms with E-state index in [4.69, 9.17) is 14.2 Å². The zero-order chi connectivity index (χ0) is 24.8. The summed E-state index contributed by atoms with van der Waals surface area (Å²) >= 11 is 0. The van der Waals surface area contributed by atoms with E-state index in [-0.39, 0.29) is 24.4 Å². The number of methoxy groups -OCH3 is 2. The molecule has 0 unspecified atom stereocenters. The number of anilines is 2. The third-order valence-electron chi connectivity index (χ3n) is 5.72. The van der Waals surface area contributed by atoms with Crippen LogP contribution in [0.1, 0.15) is 53.7 Å². The van der Waals surface area contributed by atoms with Gasteiger partial charge in [-0.05, 0) is 56.5 Å². The molecule has 8 nitrogen and oxygen atoms in total. The molecule has 2 aromatic rings. The van der Waals surface area contributed by atoms with Crippen LogP contribution in [0.5, 0.6) is 11.5 Å². The summed E-state index contributed by atoms with van der Waals surface area (Å²) < 4.78 is 16.4. The Morgan fingerprint density at radius 2 is 1.62 bits per heavy atom. The number of cyclic esters (lactones) is 1. The average Bonchev–Trinajstić information content (AvgIpc) is 3.19. The third kappa shape index (κ3) is 5.57. The highest BCUT2D eigenvalue weighted by Gasteiger charge is 2.32. The predicted molar refractivity (Wildman–Crippen MR) is 129 cm³/mol. The molecule has 0 radical (unpaired) electrons. The van der Waals surface area contributed by atoms with E-state index in [2.05, 4.69) is 10.6 Å². The number of amides is 2. The molecule has 3 rings (SSSR count). The molecule has 0 spiro atoms. The fourth-order valence-corrected chi connectivity index (χ4v) is 3.99. The van der Waals surface area contributed by atoms with Crippen molar-refractivity contribution >= 4 is 29.2 Å². The number of benzene rings is 2. The molecule has 2 N–H and O–H groups in total. The van der Waals surface area contributed by atoms with Gasteiger partial charge in [-0.3, -0.25) is 9.59 Å². The van der Waals surface area contributed by atoms with E-state index in [1.54, 1.807) is 31.4 Å². The molecule has 34 heavy (non-hydrogen) atoms. The molecular weight excluding hydrogens is 436 g/mol. The molecule has 0 saturated heterocycles. The van der Waals surface area contributed by atoms with Crippen molar-refractivity contribution in [1.29, 1.82) is 0 Å². The Morgan fingerprint density at radius 3 is 2.21 bits per heavy atom. The highest BCUT2D eigenvalue weighted by atomic mass is 16.5. The largest absolute Gasteiger partial charge is 0.496 e. The van der Waals surface area contributed by atoms with Gasteiger partial charge in [0.05, 0.1) is 14.2 Å². The smallest absolute Gasteiger partial charge is 0.342 e. The standard InChI is InChI=1S/C26H30N2O6/c1-15(7-13-22(30)28-19-10-8-18(9-11-19)27-17(3)29)6-12-20-24(32-4)16(2)21-14-34-26(31)23(21)25(20)33-5/h6,8-11H,7,12-14H2,1-5H3,(H,27,29)(H,28,30)/b15-6+. The van der Waals surface area contributed by atoms with Crippen LogP contribution in [0.25, 0.3) is 0 Å². The lowest BCUT2D eigenvalue weighted by Crippen LogP contribution is -2.11. The minimum absolute atomic E-state index is 0.105. The monoisotopic (exact) mass is 466 g/mol.